The van der Waals surface area contributed by atoms with E-state index in [2.05, 4.69) is 0 Å². The lowest BCUT2D eigenvalue weighted by molar-refractivity contribution is -0.265. The summed E-state index contributed by atoms with van der Waals surface area (Å²) in [6, 6.07) is 8.14. The fourth-order valence-corrected chi connectivity index (χ4v) is 8.88. The van der Waals surface area contributed by atoms with Gasteiger partial charge < -0.3 is 36.0 Å². The average Bonchev–Trinajstić information content (AvgIpc) is 2.92. The maximum atomic E-state index is 14.2. The number of carbonyl (C=O) groups is 3. The Morgan fingerprint density at radius 1 is 1.11 bits per heavy atom. The number of aliphatic hydroxyl groups is 3. The van der Waals surface area contributed by atoms with Crippen LogP contribution in [-0.2, 0) is 22.4 Å². The number of hydrogen-bond donors (Lipinski definition) is 6. The first-order valence-corrected chi connectivity index (χ1v) is 14.9. The molecule has 10 heteroatoms. The zero-order valence-corrected chi connectivity index (χ0v) is 25.6. The van der Waals surface area contributed by atoms with E-state index in [0.717, 1.165) is 5.56 Å². The maximum Gasteiger partial charge on any atom is 0.230 e. The highest BCUT2D eigenvalue weighted by molar-refractivity contribution is 6.09. The number of rotatable bonds is 6. The van der Waals surface area contributed by atoms with Gasteiger partial charge in [-0.25, -0.2) is 0 Å². The summed E-state index contributed by atoms with van der Waals surface area (Å²) >= 11 is 0. The molecule has 2 saturated carbocycles. The third-order valence-corrected chi connectivity index (χ3v) is 10.6. The summed E-state index contributed by atoms with van der Waals surface area (Å²) in [5, 5.41) is 56.2. The Hall–Kier alpha value is -3.73. The van der Waals surface area contributed by atoms with Crippen LogP contribution in [0.3, 0.4) is 0 Å². The van der Waals surface area contributed by atoms with Gasteiger partial charge in [0.25, 0.3) is 0 Å². The molecule has 3 aliphatic carbocycles. The number of amides is 1. The van der Waals surface area contributed by atoms with E-state index in [-0.39, 0.29) is 35.8 Å². The van der Waals surface area contributed by atoms with Gasteiger partial charge >= 0.3 is 0 Å². The molecule has 0 saturated heterocycles. The SMILES string of the molecule is COc1cc(CC=Cc2ccc(O)c3c2C[C@]2(C)C[C@]4(C)[C@@H](C(C)C)C(O)[C@@H](C(N)=O)C(=O)[C@]4(O)C(O)[C@H]2C3=O)ccc1O. The molecule has 2 fully saturated rings. The second kappa shape index (κ2) is 10.7. The number of carbonyl (C=O) groups excluding carboxylic acids is 3. The van der Waals surface area contributed by atoms with E-state index in [4.69, 9.17) is 10.5 Å². The number of ether oxygens (including phenoxy) is 1. The van der Waals surface area contributed by atoms with Crippen LogP contribution in [0.2, 0.25) is 0 Å². The number of methoxy groups -OCH3 is 1. The Morgan fingerprint density at radius 2 is 1.77 bits per heavy atom. The van der Waals surface area contributed by atoms with Crippen LogP contribution in [-0.4, -0.2) is 67.9 Å². The number of fused-ring (bicyclic) bond motifs is 3. The summed E-state index contributed by atoms with van der Waals surface area (Å²) < 4.78 is 5.19. The molecular formula is C34H41NO9. The van der Waals surface area contributed by atoms with Gasteiger partial charge in [-0.2, -0.15) is 0 Å². The molecule has 236 valence electrons. The largest absolute Gasteiger partial charge is 0.507 e. The van der Waals surface area contributed by atoms with E-state index in [9.17, 15) is 39.9 Å². The topological polar surface area (TPSA) is 188 Å². The van der Waals surface area contributed by atoms with Gasteiger partial charge in [-0.3, -0.25) is 14.4 Å². The smallest absolute Gasteiger partial charge is 0.230 e. The number of hydrogen-bond acceptors (Lipinski definition) is 9. The standard InChI is InChI=1S/C34H41NO9/c1-16(2)25-28(39)24(31(35)42)29(40)34(43)30(41)26-27(38)23-19(14-32(26,3)15-33(25,34)4)18(10-12-21(23)37)8-6-7-17-9-11-20(36)22(13-17)44-5/h6,8-13,16,24-26,28,30,36-37,39,41,43H,7,14-15H2,1-5H3,(H2,35,42)/t24-,25+,26-,28?,30?,32-,33-,34+/m1/s1. The van der Waals surface area contributed by atoms with Crippen LogP contribution in [0.25, 0.3) is 6.08 Å². The predicted octanol–water partition coefficient (Wildman–Crippen LogP) is 2.54. The van der Waals surface area contributed by atoms with Crippen molar-refractivity contribution in [3.8, 4) is 17.2 Å². The molecule has 2 unspecified atom stereocenters. The van der Waals surface area contributed by atoms with E-state index in [1.54, 1.807) is 45.0 Å². The van der Waals surface area contributed by atoms with E-state index in [1.807, 2.05) is 19.1 Å². The highest BCUT2D eigenvalue weighted by atomic mass is 16.5. The molecule has 44 heavy (non-hydrogen) atoms. The van der Waals surface area contributed by atoms with Gasteiger partial charge in [0.2, 0.25) is 5.91 Å². The molecule has 0 heterocycles. The fourth-order valence-electron chi connectivity index (χ4n) is 8.88. The Bertz CT molecular complexity index is 1570. The number of primary amides is 1. The minimum atomic E-state index is -2.55. The zero-order valence-electron chi connectivity index (χ0n) is 25.6. The van der Waals surface area contributed by atoms with Gasteiger partial charge in [-0.05, 0) is 71.4 Å². The van der Waals surface area contributed by atoms with Crippen LogP contribution in [0.4, 0.5) is 0 Å². The van der Waals surface area contributed by atoms with Gasteiger partial charge in [-0.1, -0.05) is 52.0 Å². The summed E-state index contributed by atoms with van der Waals surface area (Å²) in [6.45, 7) is 7.07. The van der Waals surface area contributed by atoms with Crippen LogP contribution in [0.15, 0.2) is 36.4 Å². The molecule has 7 N–H and O–H groups in total. The van der Waals surface area contributed by atoms with Crippen LogP contribution in [0.5, 0.6) is 17.2 Å². The van der Waals surface area contributed by atoms with Crippen molar-refractivity contribution >= 4 is 23.5 Å². The number of nitrogens with two attached hydrogens (primary N) is 1. The van der Waals surface area contributed by atoms with E-state index in [0.29, 0.717) is 23.3 Å². The molecular weight excluding hydrogens is 566 g/mol. The molecule has 10 nitrogen and oxygen atoms in total. The van der Waals surface area contributed by atoms with Gasteiger partial charge in [0.05, 0.1) is 24.7 Å². The van der Waals surface area contributed by atoms with Crippen LogP contribution in [0.1, 0.15) is 61.2 Å². The number of phenols is 2. The zero-order chi connectivity index (χ0) is 32.5. The molecule has 0 bridgehead atoms. The lowest BCUT2D eigenvalue weighted by Crippen LogP contribution is -2.79. The van der Waals surface area contributed by atoms with Gasteiger partial charge in [0.15, 0.2) is 28.7 Å². The Balaban J connectivity index is 1.59. The Kier molecular flexibility index (Phi) is 7.72. The first-order chi connectivity index (χ1) is 20.5. The Morgan fingerprint density at radius 3 is 2.39 bits per heavy atom. The second-order valence-electron chi connectivity index (χ2n) is 13.6. The second-order valence-corrected chi connectivity index (χ2v) is 13.6. The minimum Gasteiger partial charge on any atom is -0.507 e. The van der Waals surface area contributed by atoms with Crippen molar-refractivity contribution in [3.63, 3.8) is 0 Å². The monoisotopic (exact) mass is 607 g/mol. The lowest BCUT2D eigenvalue weighted by Gasteiger charge is -2.66. The highest BCUT2D eigenvalue weighted by Gasteiger charge is 2.75. The number of benzene rings is 2. The summed E-state index contributed by atoms with van der Waals surface area (Å²) in [5.41, 5.74) is 2.73. The number of aliphatic hydroxyl groups excluding tert-OH is 2. The summed E-state index contributed by atoms with van der Waals surface area (Å²) in [5.74, 6) is -6.85. The van der Waals surface area contributed by atoms with Crippen molar-refractivity contribution in [1.29, 1.82) is 0 Å². The normalized spacial score (nSPS) is 34.9. The highest BCUT2D eigenvalue weighted by Crippen LogP contribution is 2.65. The molecule has 8 atom stereocenters. The number of phenolic OH excluding ortho intramolecular Hbond substituents is 2. The van der Waals surface area contributed by atoms with Gasteiger partial charge in [0, 0.05) is 5.41 Å². The molecule has 0 aromatic heterocycles. The van der Waals surface area contributed by atoms with E-state index in [1.165, 1.54) is 13.2 Å². The Labute approximate surface area is 256 Å². The van der Waals surface area contributed by atoms with E-state index >= 15 is 0 Å². The van der Waals surface area contributed by atoms with Crippen molar-refractivity contribution in [3.05, 3.63) is 58.7 Å². The van der Waals surface area contributed by atoms with Crippen LogP contribution < -0.4 is 10.5 Å². The van der Waals surface area contributed by atoms with Gasteiger partial charge in [0.1, 0.15) is 17.8 Å². The summed E-state index contributed by atoms with van der Waals surface area (Å²) in [7, 11) is 1.47. The molecule has 0 radical (unpaired) electrons. The van der Waals surface area contributed by atoms with Crippen molar-refractivity contribution in [2.45, 2.75) is 64.8 Å². The van der Waals surface area contributed by atoms with Crippen molar-refractivity contribution in [2.24, 2.45) is 40.2 Å². The van der Waals surface area contributed by atoms with Crippen LogP contribution >= 0.6 is 0 Å². The lowest BCUT2D eigenvalue weighted by atomic mass is 9.39. The molecule has 2 aromatic rings. The average molecular weight is 608 g/mol. The number of aromatic hydroxyl groups is 2. The molecule has 1 amide bonds. The summed E-state index contributed by atoms with van der Waals surface area (Å²) in [4.78, 5) is 40.4. The van der Waals surface area contributed by atoms with E-state index < -0.39 is 63.9 Å². The van der Waals surface area contributed by atoms with Crippen molar-refractivity contribution in [1.82, 2.24) is 0 Å². The van der Waals surface area contributed by atoms with Crippen LogP contribution in [0, 0.1) is 34.5 Å². The maximum absolute atomic E-state index is 14.2. The molecule has 0 aliphatic heterocycles. The molecule has 5 rings (SSSR count). The predicted molar refractivity (Wildman–Crippen MR) is 161 cm³/mol. The molecule has 0 spiro atoms. The molecule has 3 aliphatic rings. The fraction of sp³-hybridized carbons (Fsp3) is 0.500. The number of allylic oxidation sites excluding steroid dienone is 1. The van der Waals surface area contributed by atoms with Crippen molar-refractivity contribution < 1.29 is 44.7 Å². The third-order valence-electron chi connectivity index (χ3n) is 10.6. The number of ketones is 2. The van der Waals surface area contributed by atoms with Crippen molar-refractivity contribution in [2.75, 3.05) is 7.11 Å². The third kappa shape index (κ3) is 4.37. The first kappa shape index (κ1) is 31.7. The molecule has 2 aromatic carbocycles. The number of Topliss-reactive ketones (excluding diaryl/α,β-unsaturated/α-hetero) is 2. The summed E-state index contributed by atoms with van der Waals surface area (Å²) in [6.07, 6.45) is 1.13. The first-order valence-electron chi connectivity index (χ1n) is 14.9. The minimum absolute atomic E-state index is 0.0161. The van der Waals surface area contributed by atoms with Gasteiger partial charge in [-0.15, -0.1) is 0 Å². The quantitative estimate of drug-likeness (QED) is 0.268.